The lowest BCUT2D eigenvalue weighted by molar-refractivity contribution is -0.139. The molecule has 0 amide bonds. The number of hydrogen-bond acceptors (Lipinski definition) is 4. The SMILES string of the molecule is CC(C)COC(=O)/C(C#N)=C1/C=CC=C2C=CC=CN21. The minimum absolute atomic E-state index is 0.0208. The van der Waals surface area contributed by atoms with Crippen LogP contribution >= 0.6 is 0 Å². The number of ether oxygens (including phenoxy) is 1. The maximum Gasteiger partial charge on any atom is 0.351 e. The van der Waals surface area contributed by atoms with Crippen LogP contribution in [0.1, 0.15) is 13.8 Å². The second-order valence-electron chi connectivity index (χ2n) is 4.89. The zero-order valence-electron chi connectivity index (χ0n) is 11.5. The summed E-state index contributed by atoms with van der Waals surface area (Å²) in [6.07, 6.45) is 13.0. The zero-order valence-corrected chi connectivity index (χ0v) is 11.5. The molecule has 4 heteroatoms. The van der Waals surface area contributed by atoms with Crippen LogP contribution < -0.4 is 0 Å². The number of esters is 1. The smallest absolute Gasteiger partial charge is 0.351 e. The van der Waals surface area contributed by atoms with Gasteiger partial charge in [0, 0.05) is 11.9 Å². The van der Waals surface area contributed by atoms with Gasteiger partial charge in [-0.15, -0.1) is 0 Å². The Kier molecular flexibility index (Phi) is 4.21. The van der Waals surface area contributed by atoms with Crippen LogP contribution in [0.5, 0.6) is 0 Å². The average molecular weight is 268 g/mol. The fraction of sp³-hybridized carbons (Fsp3) is 0.250. The number of rotatable bonds is 3. The molecule has 0 aliphatic carbocycles. The van der Waals surface area contributed by atoms with E-state index in [1.165, 1.54) is 0 Å². The second kappa shape index (κ2) is 6.07. The summed E-state index contributed by atoms with van der Waals surface area (Å²) in [7, 11) is 0. The van der Waals surface area contributed by atoms with E-state index in [4.69, 9.17) is 4.74 Å². The van der Waals surface area contributed by atoms with Crippen LogP contribution in [0.3, 0.4) is 0 Å². The van der Waals surface area contributed by atoms with Crippen molar-refractivity contribution in [3.05, 3.63) is 59.6 Å². The highest BCUT2D eigenvalue weighted by atomic mass is 16.5. The van der Waals surface area contributed by atoms with Gasteiger partial charge in [-0.3, -0.25) is 0 Å². The summed E-state index contributed by atoms with van der Waals surface area (Å²) in [6, 6.07) is 1.96. The van der Waals surface area contributed by atoms with E-state index in [2.05, 4.69) is 0 Å². The number of carbonyl (C=O) groups excluding carboxylic acids is 1. The molecule has 0 spiro atoms. The molecule has 0 saturated heterocycles. The Morgan fingerprint density at radius 3 is 2.85 bits per heavy atom. The summed E-state index contributed by atoms with van der Waals surface area (Å²) < 4.78 is 5.15. The molecule has 0 saturated carbocycles. The first-order chi connectivity index (χ1) is 9.63. The highest BCUT2D eigenvalue weighted by Crippen LogP contribution is 2.26. The summed E-state index contributed by atoms with van der Waals surface area (Å²) in [6.45, 7) is 4.21. The van der Waals surface area contributed by atoms with Crippen molar-refractivity contribution < 1.29 is 9.53 Å². The number of nitriles is 1. The molecule has 2 aliphatic heterocycles. The van der Waals surface area contributed by atoms with Gasteiger partial charge in [-0.1, -0.05) is 26.0 Å². The van der Waals surface area contributed by atoms with Crippen molar-refractivity contribution in [1.82, 2.24) is 4.90 Å². The Labute approximate surface area is 118 Å². The average Bonchev–Trinajstić information content (AvgIpc) is 2.46. The molecular formula is C16H16N2O2. The molecule has 20 heavy (non-hydrogen) atoms. The monoisotopic (exact) mass is 268 g/mol. The lowest BCUT2D eigenvalue weighted by Crippen LogP contribution is -2.22. The molecule has 0 unspecified atom stereocenters. The molecule has 0 atom stereocenters. The Morgan fingerprint density at radius 2 is 2.15 bits per heavy atom. The Morgan fingerprint density at radius 1 is 1.35 bits per heavy atom. The summed E-state index contributed by atoms with van der Waals surface area (Å²) in [5.41, 5.74) is 1.47. The zero-order chi connectivity index (χ0) is 14.5. The van der Waals surface area contributed by atoms with E-state index >= 15 is 0 Å². The Hall–Kier alpha value is -2.54. The van der Waals surface area contributed by atoms with Gasteiger partial charge in [0.15, 0.2) is 5.57 Å². The third-order valence-corrected chi connectivity index (χ3v) is 2.79. The van der Waals surface area contributed by atoms with Gasteiger partial charge in [-0.25, -0.2) is 4.79 Å². The van der Waals surface area contributed by atoms with Crippen LogP contribution in [0.4, 0.5) is 0 Å². The topological polar surface area (TPSA) is 53.3 Å². The van der Waals surface area contributed by atoms with Crippen molar-refractivity contribution in [2.75, 3.05) is 6.61 Å². The van der Waals surface area contributed by atoms with Crippen LogP contribution in [-0.2, 0) is 9.53 Å². The van der Waals surface area contributed by atoms with Gasteiger partial charge in [-0.05, 0) is 30.2 Å². The molecule has 2 aliphatic rings. The van der Waals surface area contributed by atoms with E-state index in [9.17, 15) is 10.1 Å². The first kappa shape index (κ1) is 13.9. The summed E-state index contributed by atoms with van der Waals surface area (Å²) in [5, 5.41) is 9.27. The van der Waals surface area contributed by atoms with E-state index < -0.39 is 5.97 Å². The second-order valence-corrected chi connectivity index (χ2v) is 4.89. The molecule has 102 valence electrons. The number of hydrogen-bond donors (Lipinski definition) is 0. The lowest BCUT2D eigenvalue weighted by atomic mass is 10.1. The summed E-state index contributed by atoms with van der Waals surface area (Å²) in [4.78, 5) is 13.8. The molecule has 0 radical (unpaired) electrons. The number of nitrogens with zero attached hydrogens (tertiary/aromatic N) is 2. The third-order valence-electron chi connectivity index (χ3n) is 2.79. The van der Waals surface area contributed by atoms with Crippen LogP contribution in [0.2, 0.25) is 0 Å². The van der Waals surface area contributed by atoms with Gasteiger partial charge in [0.2, 0.25) is 0 Å². The predicted octanol–water partition coefficient (Wildman–Crippen LogP) is 2.80. The van der Waals surface area contributed by atoms with Crippen molar-refractivity contribution in [3.63, 3.8) is 0 Å². The fourth-order valence-electron chi connectivity index (χ4n) is 1.86. The molecule has 0 aromatic carbocycles. The highest BCUT2D eigenvalue weighted by Gasteiger charge is 2.22. The van der Waals surface area contributed by atoms with E-state index in [0.717, 1.165) is 5.70 Å². The van der Waals surface area contributed by atoms with Crippen molar-refractivity contribution in [3.8, 4) is 6.07 Å². The van der Waals surface area contributed by atoms with Gasteiger partial charge in [0.1, 0.15) is 6.07 Å². The Bertz CT molecular complexity index is 598. The first-order valence-corrected chi connectivity index (χ1v) is 6.47. The van der Waals surface area contributed by atoms with E-state index in [0.29, 0.717) is 12.3 Å². The van der Waals surface area contributed by atoms with E-state index in [1.54, 1.807) is 11.0 Å². The van der Waals surface area contributed by atoms with Crippen molar-refractivity contribution in [2.45, 2.75) is 13.8 Å². The molecule has 2 heterocycles. The predicted molar refractivity (Wildman–Crippen MR) is 75.8 cm³/mol. The number of allylic oxidation sites excluding steroid dienone is 6. The molecular weight excluding hydrogens is 252 g/mol. The van der Waals surface area contributed by atoms with E-state index in [1.807, 2.05) is 56.5 Å². The van der Waals surface area contributed by atoms with Crippen molar-refractivity contribution in [2.24, 2.45) is 5.92 Å². The highest BCUT2D eigenvalue weighted by molar-refractivity contribution is 5.94. The minimum atomic E-state index is -0.579. The molecule has 0 bridgehead atoms. The van der Waals surface area contributed by atoms with Crippen LogP contribution in [0.25, 0.3) is 0 Å². The van der Waals surface area contributed by atoms with Gasteiger partial charge in [-0.2, -0.15) is 5.26 Å². The molecule has 4 nitrogen and oxygen atoms in total. The van der Waals surface area contributed by atoms with Crippen LogP contribution in [0.15, 0.2) is 59.6 Å². The quantitative estimate of drug-likeness (QED) is 0.448. The maximum absolute atomic E-state index is 12.0. The molecule has 0 aromatic heterocycles. The largest absolute Gasteiger partial charge is 0.461 e. The third kappa shape index (κ3) is 2.89. The van der Waals surface area contributed by atoms with Gasteiger partial charge in [0.05, 0.1) is 12.3 Å². The summed E-state index contributed by atoms with van der Waals surface area (Å²) >= 11 is 0. The van der Waals surface area contributed by atoms with E-state index in [-0.39, 0.29) is 11.5 Å². The van der Waals surface area contributed by atoms with Crippen molar-refractivity contribution >= 4 is 5.97 Å². The maximum atomic E-state index is 12.0. The summed E-state index contributed by atoms with van der Waals surface area (Å²) in [5.74, 6) is -0.343. The molecule has 0 aromatic rings. The first-order valence-electron chi connectivity index (χ1n) is 6.47. The fourth-order valence-corrected chi connectivity index (χ4v) is 1.86. The molecule has 0 N–H and O–H groups in total. The van der Waals surface area contributed by atoms with Gasteiger partial charge < -0.3 is 9.64 Å². The van der Waals surface area contributed by atoms with Gasteiger partial charge >= 0.3 is 5.97 Å². The normalized spacial score (nSPS) is 18.5. The molecule has 2 rings (SSSR count). The van der Waals surface area contributed by atoms with Crippen LogP contribution in [0, 0.1) is 17.2 Å². The molecule has 0 fully saturated rings. The number of fused-ring (bicyclic) bond motifs is 1. The number of carbonyl (C=O) groups is 1. The van der Waals surface area contributed by atoms with Crippen molar-refractivity contribution in [1.29, 1.82) is 5.26 Å². The van der Waals surface area contributed by atoms with Gasteiger partial charge in [0.25, 0.3) is 0 Å². The minimum Gasteiger partial charge on any atom is -0.461 e. The standard InChI is InChI=1S/C16H16N2O2/c1-12(2)11-20-16(19)14(10-17)15-8-5-7-13-6-3-4-9-18(13)15/h3-9,12H,11H2,1-2H3/b15-14-. The lowest BCUT2D eigenvalue weighted by Gasteiger charge is -2.27. The Balaban J connectivity index is 2.29. The van der Waals surface area contributed by atoms with Crippen LogP contribution in [-0.4, -0.2) is 17.5 Å².